The topological polar surface area (TPSA) is 66.8 Å². The van der Waals surface area contributed by atoms with E-state index in [0.717, 1.165) is 18.6 Å². The van der Waals surface area contributed by atoms with Gasteiger partial charge in [-0.05, 0) is 18.9 Å². The third-order valence-corrected chi connectivity index (χ3v) is 3.40. The highest BCUT2D eigenvalue weighted by Crippen LogP contribution is 2.48. The molecule has 0 spiro atoms. The summed E-state index contributed by atoms with van der Waals surface area (Å²) in [5.41, 5.74) is -0.700. The first-order valence-electron chi connectivity index (χ1n) is 5.31. The molecule has 0 aliphatic heterocycles. The van der Waals surface area contributed by atoms with Crippen LogP contribution in [0.2, 0.25) is 0 Å². The molecule has 0 unspecified atom stereocenters. The number of hydrogen-bond donors (Lipinski definition) is 2. The molecule has 0 heterocycles. The van der Waals surface area contributed by atoms with Crippen molar-refractivity contribution in [3.63, 3.8) is 0 Å². The lowest BCUT2D eigenvalue weighted by Crippen LogP contribution is -2.42. The molecule has 5 heteroatoms. The molecule has 0 aromatic heterocycles. The van der Waals surface area contributed by atoms with Crippen LogP contribution in [0.1, 0.15) is 24.8 Å². The van der Waals surface area contributed by atoms with E-state index in [1.54, 1.807) is 0 Å². The number of carboxylic acids is 1. The summed E-state index contributed by atoms with van der Waals surface area (Å²) in [6, 6.07) is 2.18. The second-order valence-corrected chi connectivity index (χ2v) is 4.24. The van der Waals surface area contributed by atoms with Crippen LogP contribution in [-0.2, 0) is 10.2 Å². The zero-order valence-corrected chi connectivity index (χ0v) is 9.36. The van der Waals surface area contributed by atoms with Crippen LogP contribution >= 0.6 is 0 Å². The maximum absolute atomic E-state index is 13.2. The first-order chi connectivity index (χ1) is 8.01. The molecule has 0 amide bonds. The molecular formula is C12H13FO4. The minimum Gasteiger partial charge on any atom is -0.505 e. The van der Waals surface area contributed by atoms with E-state index in [1.807, 2.05) is 0 Å². The molecule has 0 saturated heterocycles. The van der Waals surface area contributed by atoms with Gasteiger partial charge in [0.15, 0.2) is 11.6 Å². The molecule has 92 valence electrons. The second-order valence-electron chi connectivity index (χ2n) is 4.24. The lowest BCUT2D eigenvalue weighted by atomic mass is 9.64. The van der Waals surface area contributed by atoms with Gasteiger partial charge in [0.1, 0.15) is 5.75 Å². The first kappa shape index (κ1) is 11.7. The Labute approximate surface area is 97.6 Å². The minimum atomic E-state index is -1.05. The Hall–Kier alpha value is -1.78. The van der Waals surface area contributed by atoms with Crippen molar-refractivity contribution in [1.82, 2.24) is 0 Å². The number of rotatable bonds is 3. The quantitative estimate of drug-likeness (QED) is 0.848. The number of phenolic OH excluding ortho intramolecular Hbond substituents is 1. The number of hydrogen-bond acceptors (Lipinski definition) is 3. The third-order valence-electron chi connectivity index (χ3n) is 3.40. The van der Waals surface area contributed by atoms with Crippen molar-refractivity contribution in [3.05, 3.63) is 23.5 Å². The van der Waals surface area contributed by atoms with E-state index in [0.29, 0.717) is 18.4 Å². The lowest BCUT2D eigenvalue weighted by molar-refractivity contribution is -0.147. The van der Waals surface area contributed by atoms with Crippen molar-refractivity contribution in [2.75, 3.05) is 7.11 Å². The fraction of sp³-hybridized carbons (Fsp3) is 0.417. The van der Waals surface area contributed by atoms with Crippen molar-refractivity contribution in [1.29, 1.82) is 0 Å². The number of carbonyl (C=O) groups is 1. The van der Waals surface area contributed by atoms with E-state index in [4.69, 9.17) is 4.74 Å². The van der Waals surface area contributed by atoms with E-state index in [9.17, 15) is 19.4 Å². The number of aromatic hydroxyl groups is 1. The van der Waals surface area contributed by atoms with Crippen LogP contribution < -0.4 is 4.74 Å². The van der Waals surface area contributed by atoms with E-state index < -0.39 is 23.0 Å². The summed E-state index contributed by atoms with van der Waals surface area (Å²) in [4.78, 5) is 11.3. The first-order valence-corrected chi connectivity index (χ1v) is 5.31. The molecule has 1 aromatic rings. The van der Waals surface area contributed by atoms with E-state index in [-0.39, 0.29) is 5.75 Å². The van der Waals surface area contributed by atoms with E-state index in [2.05, 4.69) is 0 Å². The van der Waals surface area contributed by atoms with Crippen molar-refractivity contribution in [3.8, 4) is 11.5 Å². The number of methoxy groups -OCH3 is 1. The maximum atomic E-state index is 13.2. The van der Waals surface area contributed by atoms with E-state index in [1.165, 1.54) is 7.11 Å². The van der Waals surface area contributed by atoms with Crippen LogP contribution in [0.4, 0.5) is 4.39 Å². The van der Waals surface area contributed by atoms with Gasteiger partial charge in [0.25, 0.3) is 0 Å². The molecule has 2 N–H and O–H groups in total. The average Bonchev–Trinajstić information content (AvgIpc) is 2.20. The van der Waals surface area contributed by atoms with Crippen molar-refractivity contribution >= 4 is 5.97 Å². The highest BCUT2D eigenvalue weighted by molar-refractivity contribution is 5.84. The van der Waals surface area contributed by atoms with Crippen molar-refractivity contribution in [2.24, 2.45) is 0 Å². The van der Waals surface area contributed by atoms with Crippen molar-refractivity contribution in [2.45, 2.75) is 24.7 Å². The Morgan fingerprint density at radius 3 is 2.53 bits per heavy atom. The minimum absolute atomic E-state index is 0.169. The SMILES string of the molecule is COc1cc(F)c(O)cc1C1(C(=O)O)CCC1. The van der Waals surface area contributed by atoms with Crippen molar-refractivity contribution < 1.29 is 24.1 Å². The molecule has 1 aliphatic rings. The zero-order chi connectivity index (χ0) is 12.6. The molecule has 0 atom stereocenters. The summed E-state index contributed by atoms with van der Waals surface area (Å²) < 4.78 is 18.2. The van der Waals surface area contributed by atoms with Gasteiger partial charge in [0, 0.05) is 11.6 Å². The largest absolute Gasteiger partial charge is 0.505 e. The Morgan fingerprint density at radius 1 is 1.47 bits per heavy atom. The van der Waals surface area contributed by atoms with Crippen LogP contribution in [0.25, 0.3) is 0 Å². The summed E-state index contributed by atoms with van der Waals surface area (Å²) in [6.45, 7) is 0. The predicted octanol–water partition coefficient (Wildman–Crippen LogP) is 2.05. The number of halogens is 1. The monoisotopic (exact) mass is 240 g/mol. The summed E-state index contributed by atoms with van der Waals surface area (Å²) in [6.07, 6.45) is 1.75. The molecule has 1 aromatic carbocycles. The number of carboxylic acid groups (broad SMARTS) is 1. The summed E-state index contributed by atoms with van der Waals surface area (Å²) >= 11 is 0. The van der Waals surface area contributed by atoms with Crippen LogP contribution in [0.15, 0.2) is 12.1 Å². The summed E-state index contributed by atoms with van der Waals surface area (Å²) in [5, 5.41) is 18.6. The Morgan fingerprint density at radius 2 is 2.12 bits per heavy atom. The Kier molecular flexibility index (Phi) is 2.69. The zero-order valence-electron chi connectivity index (χ0n) is 9.36. The average molecular weight is 240 g/mol. The normalized spacial score (nSPS) is 17.3. The van der Waals surface area contributed by atoms with Crippen LogP contribution in [0.5, 0.6) is 11.5 Å². The Balaban J connectivity index is 2.57. The fourth-order valence-corrected chi connectivity index (χ4v) is 2.22. The van der Waals surface area contributed by atoms with Gasteiger partial charge in [-0.1, -0.05) is 6.42 Å². The number of aliphatic carboxylic acids is 1. The summed E-state index contributed by atoms with van der Waals surface area (Å²) in [5.74, 6) is -2.16. The van der Waals surface area contributed by atoms with Gasteiger partial charge in [0.05, 0.1) is 12.5 Å². The summed E-state index contributed by atoms with van der Waals surface area (Å²) in [7, 11) is 1.35. The van der Waals surface area contributed by atoms with Crippen LogP contribution in [-0.4, -0.2) is 23.3 Å². The number of phenols is 1. The fourth-order valence-electron chi connectivity index (χ4n) is 2.22. The van der Waals surface area contributed by atoms with Gasteiger partial charge in [0.2, 0.25) is 0 Å². The van der Waals surface area contributed by atoms with Gasteiger partial charge in [-0.2, -0.15) is 0 Å². The Bertz CT molecular complexity index is 466. The molecule has 4 nitrogen and oxygen atoms in total. The van der Waals surface area contributed by atoms with Crippen LogP contribution in [0.3, 0.4) is 0 Å². The number of ether oxygens (including phenoxy) is 1. The van der Waals surface area contributed by atoms with Gasteiger partial charge in [-0.15, -0.1) is 0 Å². The third kappa shape index (κ3) is 1.62. The molecule has 0 bridgehead atoms. The molecule has 1 saturated carbocycles. The van der Waals surface area contributed by atoms with Gasteiger partial charge >= 0.3 is 5.97 Å². The maximum Gasteiger partial charge on any atom is 0.314 e. The molecule has 1 aliphatic carbocycles. The standard InChI is InChI=1S/C12H13FO4/c1-17-10-6-8(13)9(14)5-7(10)12(11(15)16)3-2-4-12/h5-6,14H,2-4H2,1H3,(H,15,16). The molecule has 1 fully saturated rings. The molecule has 17 heavy (non-hydrogen) atoms. The molecule has 2 rings (SSSR count). The number of benzene rings is 1. The van der Waals surface area contributed by atoms with Gasteiger partial charge in [-0.3, -0.25) is 4.79 Å². The van der Waals surface area contributed by atoms with E-state index >= 15 is 0 Å². The highest BCUT2D eigenvalue weighted by atomic mass is 19.1. The highest BCUT2D eigenvalue weighted by Gasteiger charge is 2.48. The molecular weight excluding hydrogens is 227 g/mol. The van der Waals surface area contributed by atoms with Gasteiger partial charge < -0.3 is 14.9 Å². The van der Waals surface area contributed by atoms with Gasteiger partial charge in [-0.25, -0.2) is 4.39 Å². The molecule has 0 radical (unpaired) electrons. The van der Waals surface area contributed by atoms with Crippen LogP contribution in [0, 0.1) is 5.82 Å². The second kappa shape index (κ2) is 3.91. The smallest absolute Gasteiger partial charge is 0.314 e. The lowest BCUT2D eigenvalue weighted by Gasteiger charge is -2.38. The predicted molar refractivity (Wildman–Crippen MR) is 57.8 cm³/mol.